The van der Waals surface area contributed by atoms with Gasteiger partial charge in [-0.1, -0.05) is 78.9 Å². The van der Waals surface area contributed by atoms with E-state index >= 15 is 4.79 Å². The van der Waals surface area contributed by atoms with Crippen molar-refractivity contribution in [1.82, 2.24) is 24.5 Å². The van der Waals surface area contributed by atoms with Crippen LogP contribution in [0.4, 0.5) is 16.2 Å². The Balaban J connectivity index is 1.19. The Kier molecular flexibility index (Phi) is 9.54. The lowest BCUT2D eigenvalue weighted by Crippen LogP contribution is -2.52. The van der Waals surface area contributed by atoms with E-state index in [-0.39, 0.29) is 30.1 Å². The Hall–Kier alpha value is -6.30. The van der Waals surface area contributed by atoms with E-state index in [9.17, 15) is 14.7 Å². The molecule has 11 heteroatoms. The van der Waals surface area contributed by atoms with Crippen LogP contribution in [0.1, 0.15) is 43.1 Å². The number of carboxylic acid groups (broad SMARTS) is 1. The van der Waals surface area contributed by atoms with E-state index in [0.29, 0.717) is 79.2 Å². The molecule has 1 fully saturated rings. The number of morpholine rings is 1. The van der Waals surface area contributed by atoms with Crippen LogP contribution >= 0.6 is 0 Å². The van der Waals surface area contributed by atoms with Gasteiger partial charge in [0.1, 0.15) is 0 Å². The molecule has 0 saturated carbocycles. The molecule has 9 rings (SSSR count). The second kappa shape index (κ2) is 15.1. The largest absolute Gasteiger partial charge is 0.465 e. The molecule has 0 spiro atoms. The molecule has 0 aliphatic carbocycles. The minimum atomic E-state index is -0.992. The normalized spacial score (nSPS) is 17.0. The van der Waals surface area contributed by atoms with Gasteiger partial charge in [-0.15, -0.1) is 0 Å². The SMILES string of the molecule is O=C(O)N1CCc2cc(-n3nc(C(=O)N(c4ccccc4)c4ccccc4)c4ccccc43)c(C(=O)N3Cc4ccccc4C[C@H]3CN3CCOCC3)cc2C1. The summed E-state index contributed by atoms with van der Waals surface area (Å²) in [6, 6.07) is 38.7. The van der Waals surface area contributed by atoms with Gasteiger partial charge < -0.3 is 19.6 Å². The standard InChI is InChI=1S/C45H42N6O5/c52-43(49-29-33-12-8-7-11-31(33)25-37(49)30-47-21-23-56-24-22-47)39-26-34-28-48(45(54)55)20-19-32(34)27-41(39)51-40-18-10-9-17-38(40)42(46-51)44(53)50(35-13-3-1-4-14-35)36-15-5-2-6-16-36/h1-18,26-27,37H,19-25,28-30H2,(H,54,55)/t37-/m0/s1. The van der Waals surface area contributed by atoms with Crippen LogP contribution in [0.25, 0.3) is 16.6 Å². The monoisotopic (exact) mass is 746 g/mol. The van der Waals surface area contributed by atoms with Gasteiger partial charge >= 0.3 is 6.09 Å². The van der Waals surface area contributed by atoms with Crippen molar-refractivity contribution < 1.29 is 24.2 Å². The number of hydrogen-bond donors (Lipinski definition) is 1. The lowest BCUT2D eigenvalue weighted by atomic mass is 9.91. The second-order valence-corrected chi connectivity index (χ2v) is 14.7. The van der Waals surface area contributed by atoms with Crippen LogP contribution < -0.4 is 4.90 Å². The molecule has 4 heterocycles. The lowest BCUT2D eigenvalue weighted by molar-refractivity contribution is 0.0192. The molecule has 0 radical (unpaired) electrons. The first kappa shape index (κ1) is 35.4. The highest BCUT2D eigenvalue weighted by molar-refractivity contribution is 6.16. The number of hydrogen-bond acceptors (Lipinski definition) is 6. The maximum absolute atomic E-state index is 15.3. The third kappa shape index (κ3) is 6.69. The summed E-state index contributed by atoms with van der Waals surface area (Å²) < 4.78 is 7.38. The predicted molar refractivity (Wildman–Crippen MR) is 214 cm³/mol. The number of fused-ring (bicyclic) bond motifs is 3. The molecule has 11 nitrogen and oxygen atoms in total. The van der Waals surface area contributed by atoms with E-state index in [1.54, 1.807) is 9.58 Å². The Morgan fingerprint density at radius 1 is 0.732 bits per heavy atom. The Labute approximate surface area is 324 Å². The van der Waals surface area contributed by atoms with Crippen LogP contribution in [0.2, 0.25) is 0 Å². The van der Waals surface area contributed by atoms with E-state index in [4.69, 9.17) is 9.84 Å². The number of rotatable bonds is 7. The molecule has 6 aromatic rings. The van der Waals surface area contributed by atoms with Crippen LogP contribution in [0.5, 0.6) is 0 Å². The minimum Gasteiger partial charge on any atom is -0.465 e. The molecule has 0 bridgehead atoms. The number of amides is 3. The van der Waals surface area contributed by atoms with Crippen LogP contribution in [-0.4, -0.2) is 92.9 Å². The fourth-order valence-electron chi connectivity index (χ4n) is 8.38. The van der Waals surface area contributed by atoms with Gasteiger partial charge in [-0.25, -0.2) is 9.48 Å². The highest BCUT2D eigenvalue weighted by Crippen LogP contribution is 2.35. The smallest absolute Gasteiger partial charge is 0.407 e. The number of carbonyl (C=O) groups is 3. The first-order valence-electron chi connectivity index (χ1n) is 19.2. The summed E-state index contributed by atoms with van der Waals surface area (Å²) in [6.45, 7) is 4.58. The summed E-state index contributed by atoms with van der Waals surface area (Å²) in [4.78, 5) is 49.7. The first-order chi connectivity index (χ1) is 27.4. The molecule has 1 saturated heterocycles. The maximum Gasteiger partial charge on any atom is 0.407 e. The summed E-state index contributed by atoms with van der Waals surface area (Å²) in [5.41, 5.74) is 7.39. The van der Waals surface area contributed by atoms with Crippen molar-refractivity contribution in [3.8, 4) is 5.69 Å². The van der Waals surface area contributed by atoms with Crippen LogP contribution in [-0.2, 0) is 30.7 Å². The maximum atomic E-state index is 15.3. The van der Waals surface area contributed by atoms with Gasteiger partial charge in [0.05, 0.1) is 30.0 Å². The van der Waals surface area contributed by atoms with Crippen LogP contribution in [0.15, 0.2) is 121 Å². The van der Waals surface area contributed by atoms with E-state index in [2.05, 4.69) is 23.1 Å². The summed E-state index contributed by atoms with van der Waals surface area (Å²) in [7, 11) is 0. The zero-order valence-corrected chi connectivity index (χ0v) is 31.0. The van der Waals surface area contributed by atoms with Crippen LogP contribution in [0.3, 0.4) is 0 Å². The number of nitrogens with zero attached hydrogens (tertiary/aromatic N) is 6. The number of carbonyl (C=O) groups excluding carboxylic acids is 2. The molecule has 1 N–H and O–H groups in total. The van der Waals surface area contributed by atoms with E-state index < -0.39 is 6.09 Å². The average Bonchev–Trinajstić information content (AvgIpc) is 3.63. The van der Waals surface area contributed by atoms with Gasteiger partial charge in [0.15, 0.2) is 5.69 Å². The summed E-state index contributed by atoms with van der Waals surface area (Å²) in [5, 5.41) is 15.7. The van der Waals surface area contributed by atoms with E-state index in [1.165, 1.54) is 10.5 Å². The van der Waals surface area contributed by atoms with Crippen molar-refractivity contribution in [3.05, 3.63) is 155 Å². The van der Waals surface area contributed by atoms with Crippen molar-refractivity contribution in [2.75, 3.05) is 44.3 Å². The second-order valence-electron chi connectivity index (χ2n) is 14.7. The summed E-state index contributed by atoms with van der Waals surface area (Å²) >= 11 is 0. The van der Waals surface area contributed by atoms with Gasteiger partial charge in [0.2, 0.25) is 0 Å². The molecule has 3 aliphatic heterocycles. The van der Waals surface area contributed by atoms with Crippen molar-refractivity contribution >= 4 is 40.2 Å². The van der Waals surface area contributed by atoms with Gasteiger partial charge in [0, 0.05) is 62.1 Å². The Bertz CT molecular complexity index is 2390. The summed E-state index contributed by atoms with van der Waals surface area (Å²) in [5.74, 6) is -0.468. The fraction of sp³-hybridized carbons (Fsp3) is 0.244. The lowest BCUT2D eigenvalue weighted by Gasteiger charge is -2.41. The number of benzene rings is 5. The van der Waals surface area contributed by atoms with Gasteiger partial charge in [-0.05, 0) is 77.6 Å². The topological polar surface area (TPSA) is 111 Å². The summed E-state index contributed by atoms with van der Waals surface area (Å²) in [6.07, 6.45) is 0.207. The van der Waals surface area contributed by atoms with E-state index in [1.807, 2.05) is 108 Å². The average molecular weight is 747 g/mol. The zero-order chi connectivity index (χ0) is 38.2. The number of anilines is 2. The van der Waals surface area contributed by atoms with Gasteiger partial charge in [0.25, 0.3) is 11.8 Å². The molecule has 1 atom stereocenters. The molecule has 282 valence electrons. The molecule has 56 heavy (non-hydrogen) atoms. The molecular formula is C45H42N6O5. The van der Waals surface area contributed by atoms with Crippen molar-refractivity contribution in [2.24, 2.45) is 0 Å². The quantitative estimate of drug-likeness (QED) is 0.189. The third-order valence-electron chi connectivity index (χ3n) is 11.3. The molecular weight excluding hydrogens is 705 g/mol. The molecule has 0 unspecified atom stereocenters. The van der Waals surface area contributed by atoms with Crippen molar-refractivity contribution in [3.63, 3.8) is 0 Å². The zero-order valence-electron chi connectivity index (χ0n) is 31.0. The first-order valence-corrected chi connectivity index (χ1v) is 19.2. The third-order valence-corrected chi connectivity index (χ3v) is 11.3. The molecule has 5 aromatic carbocycles. The minimum absolute atomic E-state index is 0.105. The Morgan fingerprint density at radius 3 is 2.11 bits per heavy atom. The number of para-hydroxylation sites is 3. The highest BCUT2D eigenvalue weighted by atomic mass is 16.5. The fourth-order valence-corrected chi connectivity index (χ4v) is 8.38. The van der Waals surface area contributed by atoms with E-state index in [0.717, 1.165) is 29.8 Å². The predicted octanol–water partition coefficient (Wildman–Crippen LogP) is 6.94. The number of ether oxygens (including phenoxy) is 1. The van der Waals surface area contributed by atoms with Gasteiger partial charge in [-0.2, -0.15) is 5.10 Å². The highest BCUT2D eigenvalue weighted by Gasteiger charge is 2.35. The molecule has 3 amide bonds. The molecule has 3 aliphatic rings. The van der Waals surface area contributed by atoms with Crippen molar-refractivity contribution in [1.29, 1.82) is 0 Å². The Morgan fingerprint density at radius 2 is 1.39 bits per heavy atom. The van der Waals surface area contributed by atoms with Gasteiger partial charge in [-0.3, -0.25) is 19.4 Å². The van der Waals surface area contributed by atoms with Crippen LogP contribution in [0, 0.1) is 0 Å². The van der Waals surface area contributed by atoms with Crippen molar-refractivity contribution in [2.45, 2.75) is 32.0 Å². The molecule has 1 aromatic heterocycles. The number of aromatic nitrogens is 2.